The van der Waals surface area contributed by atoms with Crippen molar-refractivity contribution in [2.75, 3.05) is 0 Å². The molecule has 2 nitrogen and oxygen atoms in total. The van der Waals surface area contributed by atoms with E-state index < -0.39 is 0 Å². The van der Waals surface area contributed by atoms with Crippen LogP contribution in [0.2, 0.25) is 0 Å². The van der Waals surface area contributed by atoms with Crippen LogP contribution in [-0.2, 0) is 0 Å². The molecule has 0 saturated carbocycles. The Morgan fingerprint density at radius 2 is 1.48 bits per heavy atom. The SMILES string of the molecule is C=C/C=C(/C)C=C.Cc1ccc(/C=C/c2cc[n+](O)cc2)cc1. The van der Waals surface area contributed by atoms with Gasteiger partial charge in [-0.25, -0.2) is 0 Å². The molecule has 0 saturated heterocycles. The van der Waals surface area contributed by atoms with E-state index in [1.54, 1.807) is 24.5 Å². The van der Waals surface area contributed by atoms with Gasteiger partial charge < -0.3 is 0 Å². The summed E-state index contributed by atoms with van der Waals surface area (Å²) in [6.45, 7) is 11.1. The fourth-order valence-electron chi connectivity index (χ4n) is 1.67. The zero-order chi connectivity index (χ0) is 17.1. The van der Waals surface area contributed by atoms with E-state index in [4.69, 9.17) is 5.21 Å². The van der Waals surface area contributed by atoms with Crippen molar-refractivity contribution in [1.29, 1.82) is 0 Å². The number of aryl methyl sites for hydroxylation is 1. The first-order valence-corrected chi connectivity index (χ1v) is 7.42. The average Bonchev–Trinajstić information content (AvgIpc) is 2.56. The van der Waals surface area contributed by atoms with Crippen molar-refractivity contribution in [3.8, 4) is 0 Å². The number of benzene rings is 1. The van der Waals surface area contributed by atoms with Crippen molar-refractivity contribution in [3.05, 3.63) is 102 Å². The molecule has 0 aliphatic carbocycles. The number of nitrogens with zero attached hydrogens (tertiary/aromatic N) is 1. The first-order chi connectivity index (χ1) is 11.0. The summed E-state index contributed by atoms with van der Waals surface area (Å²) >= 11 is 0. The van der Waals surface area contributed by atoms with Crippen LogP contribution in [-0.4, -0.2) is 5.21 Å². The Hall–Kier alpha value is -2.87. The van der Waals surface area contributed by atoms with Gasteiger partial charge in [0.1, 0.15) is 0 Å². The number of hydrogen-bond donors (Lipinski definition) is 1. The van der Waals surface area contributed by atoms with Crippen molar-refractivity contribution in [1.82, 2.24) is 0 Å². The highest BCUT2D eigenvalue weighted by atomic mass is 16.5. The molecule has 23 heavy (non-hydrogen) atoms. The summed E-state index contributed by atoms with van der Waals surface area (Å²) in [4.78, 5) is 0. The summed E-state index contributed by atoms with van der Waals surface area (Å²) in [5.74, 6) is 0. The largest absolute Gasteiger partial charge is 0.285 e. The lowest BCUT2D eigenvalue weighted by atomic mass is 10.1. The number of aromatic nitrogens is 1. The minimum absolute atomic E-state index is 1.03. The summed E-state index contributed by atoms with van der Waals surface area (Å²) < 4.78 is 1.03. The molecule has 0 bridgehead atoms. The Morgan fingerprint density at radius 3 is 1.91 bits per heavy atom. The van der Waals surface area contributed by atoms with Gasteiger partial charge in [0.15, 0.2) is 0 Å². The second-order valence-corrected chi connectivity index (χ2v) is 5.11. The topological polar surface area (TPSA) is 24.1 Å². The van der Waals surface area contributed by atoms with Crippen molar-refractivity contribution in [2.45, 2.75) is 13.8 Å². The van der Waals surface area contributed by atoms with Gasteiger partial charge in [0.25, 0.3) is 0 Å². The second-order valence-electron chi connectivity index (χ2n) is 5.11. The second kappa shape index (κ2) is 9.96. The van der Waals surface area contributed by atoms with Crippen LogP contribution in [0.1, 0.15) is 23.6 Å². The molecule has 0 aliphatic heterocycles. The quantitative estimate of drug-likeness (QED) is 0.480. The van der Waals surface area contributed by atoms with Crippen molar-refractivity contribution < 1.29 is 9.94 Å². The van der Waals surface area contributed by atoms with E-state index in [-0.39, 0.29) is 0 Å². The maximum Gasteiger partial charge on any atom is 0.222 e. The number of hydrogen-bond acceptors (Lipinski definition) is 1. The molecule has 0 unspecified atom stereocenters. The fraction of sp³-hybridized carbons (Fsp3) is 0.0952. The van der Waals surface area contributed by atoms with Crippen LogP contribution in [0.3, 0.4) is 0 Å². The van der Waals surface area contributed by atoms with Gasteiger partial charge in [0.2, 0.25) is 12.4 Å². The Bertz CT molecular complexity index is 629. The molecule has 1 heterocycles. The lowest BCUT2D eigenvalue weighted by Gasteiger charge is -1.94. The predicted molar refractivity (Wildman–Crippen MR) is 98.1 cm³/mol. The third-order valence-electron chi connectivity index (χ3n) is 3.09. The van der Waals surface area contributed by atoms with Gasteiger partial charge in [-0.05, 0) is 25.0 Å². The van der Waals surface area contributed by atoms with Gasteiger partial charge in [-0.15, -0.1) is 0 Å². The fourth-order valence-corrected chi connectivity index (χ4v) is 1.67. The third kappa shape index (κ3) is 7.63. The van der Waals surface area contributed by atoms with Gasteiger partial charge in [-0.3, -0.25) is 5.21 Å². The Balaban J connectivity index is 0.000000322. The molecule has 0 radical (unpaired) electrons. The maximum atomic E-state index is 9.07. The van der Waals surface area contributed by atoms with Gasteiger partial charge in [0, 0.05) is 16.9 Å². The minimum Gasteiger partial charge on any atom is -0.285 e. The molecular formula is C21H24NO+. The molecule has 0 fully saturated rings. The summed E-state index contributed by atoms with van der Waals surface area (Å²) in [7, 11) is 0. The standard InChI is InChI=1S/C14H14NO.C7H10/c1-12-2-4-13(5-3-12)6-7-14-8-10-15(16)11-9-14;1-4-6-7(3)5-2/h2-11,16H,1H3;4-6H,1-2H2,3H3/q+1;/b7-6+;7-6-. The Morgan fingerprint density at radius 1 is 0.957 bits per heavy atom. The monoisotopic (exact) mass is 306 g/mol. The van der Waals surface area contributed by atoms with E-state index in [0.717, 1.165) is 15.9 Å². The van der Waals surface area contributed by atoms with Gasteiger partial charge >= 0.3 is 0 Å². The van der Waals surface area contributed by atoms with Crippen LogP contribution in [0.5, 0.6) is 0 Å². The van der Waals surface area contributed by atoms with E-state index in [2.05, 4.69) is 50.4 Å². The van der Waals surface area contributed by atoms with Gasteiger partial charge in [0.05, 0.1) is 0 Å². The molecule has 1 aromatic carbocycles. The minimum atomic E-state index is 1.03. The highest BCUT2D eigenvalue weighted by Crippen LogP contribution is 2.08. The molecule has 1 N–H and O–H groups in total. The number of rotatable bonds is 4. The van der Waals surface area contributed by atoms with E-state index >= 15 is 0 Å². The van der Waals surface area contributed by atoms with Crippen LogP contribution >= 0.6 is 0 Å². The summed E-state index contributed by atoms with van der Waals surface area (Å²) in [5.41, 5.74) is 4.64. The van der Waals surface area contributed by atoms with Crippen LogP contribution in [0, 0.1) is 6.92 Å². The van der Waals surface area contributed by atoms with Crippen LogP contribution < -0.4 is 4.73 Å². The smallest absolute Gasteiger partial charge is 0.222 e. The normalized spacial score (nSPS) is 10.8. The van der Waals surface area contributed by atoms with E-state index in [1.165, 1.54) is 11.1 Å². The lowest BCUT2D eigenvalue weighted by molar-refractivity contribution is -0.904. The number of allylic oxidation sites excluding steroid dienone is 4. The maximum absolute atomic E-state index is 9.07. The van der Waals surface area contributed by atoms with E-state index in [9.17, 15) is 0 Å². The summed E-state index contributed by atoms with van der Waals surface area (Å²) in [5, 5.41) is 9.07. The molecule has 2 aromatic rings. The highest BCUT2D eigenvalue weighted by molar-refractivity contribution is 5.69. The molecule has 2 rings (SSSR count). The zero-order valence-electron chi connectivity index (χ0n) is 13.8. The van der Waals surface area contributed by atoms with Crippen molar-refractivity contribution in [2.24, 2.45) is 0 Å². The van der Waals surface area contributed by atoms with Gasteiger partial charge in [-0.1, -0.05) is 78.9 Å². The summed E-state index contributed by atoms with van der Waals surface area (Å²) in [6.07, 6.45) is 12.7. The molecule has 1 aromatic heterocycles. The molecule has 2 heteroatoms. The highest BCUT2D eigenvalue weighted by Gasteiger charge is 1.93. The Labute approximate surface area is 139 Å². The molecule has 118 valence electrons. The van der Waals surface area contributed by atoms with Crippen molar-refractivity contribution in [3.63, 3.8) is 0 Å². The van der Waals surface area contributed by atoms with Crippen molar-refractivity contribution >= 4 is 12.2 Å². The lowest BCUT2D eigenvalue weighted by Crippen LogP contribution is -2.27. The first kappa shape index (κ1) is 18.2. The summed E-state index contributed by atoms with van der Waals surface area (Å²) in [6, 6.07) is 12.1. The van der Waals surface area contributed by atoms with Crippen LogP contribution in [0.25, 0.3) is 12.2 Å². The third-order valence-corrected chi connectivity index (χ3v) is 3.09. The molecule has 0 amide bonds. The van der Waals surface area contributed by atoms with Gasteiger partial charge in [-0.2, -0.15) is 0 Å². The molecule has 0 spiro atoms. The Kier molecular flexibility index (Phi) is 7.87. The molecular weight excluding hydrogens is 282 g/mol. The average molecular weight is 306 g/mol. The molecule has 0 aliphatic rings. The number of pyridine rings is 1. The first-order valence-electron chi connectivity index (χ1n) is 7.42. The zero-order valence-corrected chi connectivity index (χ0v) is 13.8. The van der Waals surface area contributed by atoms with Crippen LogP contribution in [0.4, 0.5) is 0 Å². The van der Waals surface area contributed by atoms with Crippen LogP contribution in [0.15, 0.2) is 85.8 Å². The van der Waals surface area contributed by atoms with E-state index in [1.807, 2.05) is 31.2 Å². The predicted octanol–water partition coefficient (Wildman–Crippen LogP) is 4.99. The molecule has 0 atom stereocenters. The van der Waals surface area contributed by atoms with E-state index in [0.29, 0.717) is 0 Å².